The van der Waals surface area contributed by atoms with Crippen LogP contribution in [0.5, 0.6) is 0 Å². The standard InChI is InChI=1S/C36H42N8O.C8H8O/c1-23-9-7-16-38-32(23)30-11-6-12-31(33-24(2)10-8-17-39-33)44(30)18-5-4-15-40-36(45)29-20-28-34(41-22-42-35(28)43-29)26-13-14-27(21-37)25(3)19-26;1-7-2-4-8(6-9)5-3-7/h7-10,13-14,16-17,19-20,22,30-31H,4-6,11-12,15,18,21,37H2,1-3H3,(H,40,45)(H,41,42,43);2-6H,1H3. The van der Waals surface area contributed by atoms with E-state index in [0.717, 1.165) is 89.7 Å². The molecule has 54 heavy (non-hydrogen) atoms. The van der Waals surface area contributed by atoms with E-state index in [1.54, 1.807) is 0 Å². The van der Waals surface area contributed by atoms with E-state index >= 15 is 0 Å². The zero-order chi connectivity index (χ0) is 38.0. The lowest BCUT2D eigenvalue weighted by Crippen LogP contribution is -2.38. The highest BCUT2D eigenvalue weighted by atomic mass is 16.1. The van der Waals surface area contributed by atoms with Gasteiger partial charge in [0.25, 0.3) is 5.91 Å². The molecule has 2 unspecified atom stereocenters. The van der Waals surface area contributed by atoms with E-state index in [1.165, 1.54) is 23.0 Å². The summed E-state index contributed by atoms with van der Waals surface area (Å²) in [7, 11) is 0. The minimum atomic E-state index is -0.143. The maximum atomic E-state index is 13.2. The van der Waals surface area contributed by atoms with Gasteiger partial charge in [0, 0.05) is 42.0 Å². The van der Waals surface area contributed by atoms with Crippen molar-refractivity contribution in [1.82, 2.24) is 35.1 Å². The first kappa shape index (κ1) is 38.2. The number of fused-ring (bicyclic) bond motifs is 1. The Kier molecular flexibility index (Phi) is 12.7. The molecule has 1 aliphatic heterocycles. The number of amides is 1. The summed E-state index contributed by atoms with van der Waals surface area (Å²) < 4.78 is 0. The zero-order valence-corrected chi connectivity index (χ0v) is 31.7. The predicted molar refractivity (Wildman–Crippen MR) is 214 cm³/mol. The van der Waals surface area contributed by atoms with E-state index in [9.17, 15) is 9.59 Å². The molecule has 4 N–H and O–H groups in total. The average Bonchev–Trinajstić information content (AvgIpc) is 3.64. The second-order valence-corrected chi connectivity index (χ2v) is 14.1. The maximum absolute atomic E-state index is 13.2. The van der Waals surface area contributed by atoms with Crippen molar-refractivity contribution in [2.75, 3.05) is 13.1 Å². The second kappa shape index (κ2) is 18.0. The summed E-state index contributed by atoms with van der Waals surface area (Å²) >= 11 is 0. The molecule has 10 nitrogen and oxygen atoms in total. The minimum Gasteiger partial charge on any atom is -0.351 e. The number of nitrogens with zero attached hydrogens (tertiary/aromatic N) is 5. The molecule has 1 fully saturated rings. The lowest BCUT2D eigenvalue weighted by atomic mass is 9.88. The molecule has 6 aromatic rings. The highest BCUT2D eigenvalue weighted by molar-refractivity contribution is 6.00. The lowest BCUT2D eigenvalue weighted by molar-refractivity contribution is 0.0740. The van der Waals surface area contributed by atoms with Gasteiger partial charge < -0.3 is 16.0 Å². The van der Waals surface area contributed by atoms with Crippen molar-refractivity contribution in [1.29, 1.82) is 0 Å². The number of carbonyl (C=O) groups excluding carboxylic acids is 2. The summed E-state index contributed by atoms with van der Waals surface area (Å²) in [5, 5.41) is 3.93. The van der Waals surface area contributed by atoms with E-state index in [1.807, 2.05) is 80.8 Å². The van der Waals surface area contributed by atoms with Crippen LogP contribution >= 0.6 is 0 Å². The fourth-order valence-corrected chi connectivity index (χ4v) is 7.37. The fraction of sp³-hybridized carbons (Fsp3) is 0.318. The van der Waals surface area contributed by atoms with Crippen molar-refractivity contribution in [2.24, 2.45) is 5.73 Å². The van der Waals surface area contributed by atoms with Crippen molar-refractivity contribution in [3.8, 4) is 11.3 Å². The third-order valence-corrected chi connectivity index (χ3v) is 10.3. The number of benzene rings is 2. The Balaban J connectivity index is 0.000000485. The Bertz CT molecular complexity index is 2140. The number of hydrogen-bond acceptors (Lipinski definition) is 8. The van der Waals surface area contributed by atoms with Gasteiger partial charge in [-0.2, -0.15) is 0 Å². The Morgan fingerprint density at radius 3 is 2.15 bits per heavy atom. The highest BCUT2D eigenvalue weighted by Crippen LogP contribution is 2.42. The molecule has 7 rings (SSSR count). The number of pyridine rings is 2. The molecule has 0 bridgehead atoms. The van der Waals surface area contributed by atoms with Gasteiger partial charge in [0.2, 0.25) is 0 Å². The van der Waals surface area contributed by atoms with E-state index in [0.29, 0.717) is 24.4 Å². The summed E-state index contributed by atoms with van der Waals surface area (Å²) in [5.74, 6) is -0.143. The quantitative estimate of drug-likeness (QED) is 0.0900. The maximum Gasteiger partial charge on any atom is 0.267 e. The number of aldehydes is 1. The third-order valence-electron chi connectivity index (χ3n) is 10.3. The summed E-state index contributed by atoms with van der Waals surface area (Å²) in [4.78, 5) is 47.7. The molecule has 0 radical (unpaired) electrons. The molecule has 1 amide bonds. The van der Waals surface area contributed by atoms with Crippen LogP contribution in [0.2, 0.25) is 0 Å². The number of aromatic amines is 1. The van der Waals surface area contributed by atoms with Gasteiger partial charge in [-0.25, -0.2) is 9.97 Å². The first-order valence-corrected chi connectivity index (χ1v) is 18.8. The lowest BCUT2D eigenvalue weighted by Gasteiger charge is -2.42. The summed E-state index contributed by atoms with van der Waals surface area (Å²) in [6, 6.07) is 24.3. The largest absolute Gasteiger partial charge is 0.351 e. The van der Waals surface area contributed by atoms with Crippen molar-refractivity contribution in [3.63, 3.8) is 0 Å². The van der Waals surface area contributed by atoms with Crippen molar-refractivity contribution in [2.45, 2.75) is 78.4 Å². The van der Waals surface area contributed by atoms with Crippen LogP contribution in [0.1, 0.15) is 104 Å². The van der Waals surface area contributed by atoms with Crippen LogP contribution < -0.4 is 11.1 Å². The van der Waals surface area contributed by atoms with Gasteiger partial charge in [-0.1, -0.05) is 54.1 Å². The molecular weight excluding hydrogens is 673 g/mol. The van der Waals surface area contributed by atoms with Crippen LogP contribution in [-0.2, 0) is 6.54 Å². The summed E-state index contributed by atoms with van der Waals surface area (Å²) in [6.45, 7) is 10.3. The molecule has 10 heteroatoms. The number of carbonyl (C=O) groups is 2. The van der Waals surface area contributed by atoms with Crippen LogP contribution in [0.25, 0.3) is 22.3 Å². The Labute approximate surface area is 317 Å². The molecule has 0 spiro atoms. The highest BCUT2D eigenvalue weighted by Gasteiger charge is 2.34. The molecule has 278 valence electrons. The number of unbranched alkanes of at least 4 members (excludes halogenated alkanes) is 1. The second-order valence-electron chi connectivity index (χ2n) is 14.1. The molecule has 5 heterocycles. The SMILES string of the molecule is Cc1cc(-c2ncnc3[nH]c(C(=O)NCCCCN4C(c5ncccc5C)CCCC4c4ncccc4C)cc23)ccc1CN.Cc1ccc(C=O)cc1. The van der Waals surface area contributed by atoms with Crippen molar-refractivity contribution < 1.29 is 9.59 Å². The van der Waals surface area contributed by atoms with Crippen LogP contribution in [0, 0.1) is 27.7 Å². The molecule has 4 aromatic heterocycles. The average molecular weight is 723 g/mol. The molecule has 0 saturated carbocycles. The smallest absolute Gasteiger partial charge is 0.267 e. The molecule has 0 aliphatic carbocycles. The van der Waals surface area contributed by atoms with E-state index < -0.39 is 0 Å². The monoisotopic (exact) mass is 722 g/mol. The van der Waals surface area contributed by atoms with Gasteiger partial charge in [0.05, 0.1) is 29.2 Å². The number of piperidine rings is 1. The molecule has 1 aliphatic rings. The van der Waals surface area contributed by atoms with Gasteiger partial charge >= 0.3 is 0 Å². The van der Waals surface area contributed by atoms with Gasteiger partial charge in [0.1, 0.15) is 24.0 Å². The molecule has 1 saturated heterocycles. The van der Waals surface area contributed by atoms with Crippen LogP contribution in [0.15, 0.2) is 91.5 Å². The topological polar surface area (TPSA) is 143 Å². The number of nitrogens with one attached hydrogen (secondary N) is 2. The zero-order valence-electron chi connectivity index (χ0n) is 31.7. The van der Waals surface area contributed by atoms with Gasteiger partial charge in [-0.15, -0.1) is 0 Å². The Morgan fingerprint density at radius 1 is 0.852 bits per heavy atom. The van der Waals surface area contributed by atoms with Crippen molar-refractivity contribution in [3.05, 3.63) is 142 Å². The number of hydrogen-bond donors (Lipinski definition) is 3. The van der Waals surface area contributed by atoms with Crippen molar-refractivity contribution >= 4 is 23.2 Å². The number of nitrogens with two attached hydrogens (primary N) is 1. The Morgan fingerprint density at radius 2 is 1.54 bits per heavy atom. The van der Waals surface area contributed by atoms with E-state index in [2.05, 4.69) is 57.2 Å². The fourth-order valence-electron chi connectivity index (χ4n) is 7.37. The van der Waals surface area contributed by atoms with Crippen LogP contribution in [-0.4, -0.2) is 55.1 Å². The number of rotatable bonds is 11. The first-order valence-electron chi connectivity index (χ1n) is 18.8. The number of likely N-dealkylation sites (tertiary alicyclic amines) is 1. The number of aryl methyl sites for hydroxylation is 4. The van der Waals surface area contributed by atoms with Gasteiger partial charge in [0.15, 0.2) is 0 Å². The van der Waals surface area contributed by atoms with E-state index in [-0.39, 0.29) is 18.0 Å². The summed E-state index contributed by atoms with van der Waals surface area (Å²) in [6.07, 6.45) is 11.3. The number of aromatic nitrogens is 5. The third kappa shape index (κ3) is 8.95. The normalized spacial score (nSPS) is 15.7. The molecule has 2 atom stereocenters. The van der Waals surface area contributed by atoms with Crippen LogP contribution in [0.3, 0.4) is 0 Å². The van der Waals surface area contributed by atoms with E-state index in [4.69, 9.17) is 15.7 Å². The molecular formula is C44H50N8O2. The first-order chi connectivity index (χ1) is 26.3. The van der Waals surface area contributed by atoms with Crippen LogP contribution in [0.4, 0.5) is 0 Å². The summed E-state index contributed by atoms with van der Waals surface area (Å²) in [5.41, 5.74) is 17.7. The minimum absolute atomic E-state index is 0.143. The molecule has 2 aromatic carbocycles. The van der Waals surface area contributed by atoms with Gasteiger partial charge in [-0.05, 0) is 113 Å². The predicted octanol–water partition coefficient (Wildman–Crippen LogP) is 8.08. The number of H-pyrrole nitrogens is 1. The Hall–Kier alpha value is -5.58. The van der Waals surface area contributed by atoms with Gasteiger partial charge in [-0.3, -0.25) is 24.5 Å².